The molecule has 7 heteroatoms. The Kier molecular flexibility index (Phi) is 5.38. The molecule has 2 aromatic carbocycles. The van der Waals surface area contributed by atoms with Gasteiger partial charge >= 0.3 is 0 Å². The summed E-state index contributed by atoms with van der Waals surface area (Å²) in [7, 11) is -3.70. The fourth-order valence-corrected chi connectivity index (χ4v) is 6.54. The van der Waals surface area contributed by atoms with Gasteiger partial charge in [0.1, 0.15) is 0 Å². The lowest BCUT2D eigenvalue weighted by Crippen LogP contribution is -2.43. The van der Waals surface area contributed by atoms with E-state index in [-0.39, 0.29) is 22.8 Å². The third kappa shape index (κ3) is 3.70. The maximum atomic E-state index is 13.5. The number of aliphatic hydroxyl groups is 1. The standard InChI is InChI=1S/C20H21BrClNO3S/c21-15-4-1-13(2-5-15)12-23(19-11-14-3-10-18(19)20(14)24)27(25,26)17-8-6-16(22)7-9-17/h1-2,4-9,14,18-20,24H,3,10-12H2. The highest BCUT2D eigenvalue weighted by molar-refractivity contribution is 9.10. The number of fused-ring (bicyclic) bond motifs is 2. The Morgan fingerprint density at radius 2 is 1.74 bits per heavy atom. The van der Waals surface area contributed by atoms with Gasteiger partial charge in [0, 0.05) is 28.0 Å². The maximum Gasteiger partial charge on any atom is 0.243 e. The maximum absolute atomic E-state index is 13.5. The summed E-state index contributed by atoms with van der Waals surface area (Å²) < 4.78 is 29.5. The minimum Gasteiger partial charge on any atom is -0.392 e. The second-order valence-electron chi connectivity index (χ2n) is 7.43. The van der Waals surface area contributed by atoms with Gasteiger partial charge in [0.2, 0.25) is 10.0 Å². The van der Waals surface area contributed by atoms with E-state index in [1.807, 2.05) is 24.3 Å². The number of aliphatic hydroxyl groups excluding tert-OH is 1. The minimum absolute atomic E-state index is 0.00697. The van der Waals surface area contributed by atoms with Crippen molar-refractivity contribution in [1.82, 2.24) is 4.31 Å². The van der Waals surface area contributed by atoms with Crippen LogP contribution in [0.1, 0.15) is 24.8 Å². The Bertz CT molecular complexity index is 917. The second-order valence-corrected chi connectivity index (χ2v) is 10.7. The molecule has 144 valence electrons. The highest BCUT2D eigenvalue weighted by Crippen LogP contribution is 2.48. The van der Waals surface area contributed by atoms with Crippen LogP contribution >= 0.6 is 27.5 Å². The molecule has 0 saturated heterocycles. The number of hydrogen-bond donors (Lipinski definition) is 1. The van der Waals surface area contributed by atoms with Gasteiger partial charge < -0.3 is 5.11 Å². The molecule has 0 radical (unpaired) electrons. The molecule has 27 heavy (non-hydrogen) atoms. The minimum atomic E-state index is -3.70. The Morgan fingerprint density at radius 3 is 2.30 bits per heavy atom. The molecule has 0 aromatic heterocycles. The number of benzene rings is 2. The monoisotopic (exact) mass is 469 g/mol. The molecule has 2 fully saturated rings. The summed E-state index contributed by atoms with van der Waals surface area (Å²) in [5, 5.41) is 11.0. The average Bonchev–Trinajstić information content (AvgIpc) is 3.16. The Balaban J connectivity index is 1.71. The van der Waals surface area contributed by atoms with Crippen molar-refractivity contribution in [2.75, 3.05) is 0 Å². The van der Waals surface area contributed by atoms with Gasteiger partial charge in [-0.1, -0.05) is 39.7 Å². The lowest BCUT2D eigenvalue weighted by Gasteiger charge is -2.33. The first kappa shape index (κ1) is 19.4. The van der Waals surface area contributed by atoms with Crippen molar-refractivity contribution in [3.63, 3.8) is 0 Å². The molecule has 0 aliphatic heterocycles. The molecule has 4 unspecified atom stereocenters. The van der Waals surface area contributed by atoms with E-state index in [0.717, 1.165) is 29.3 Å². The van der Waals surface area contributed by atoms with Crippen molar-refractivity contribution in [3.05, 3.63) is 63.6 Å². The zero-order chi connectivity index (χ0) is 19.2. The summed E-state index contributed by atoms with van der Waals surface area (Å²) in [5.41, 5.74) is 0.924. The summed E-state index contributed by atoms with van der Waals surface area (Å²) in [4.78, 5) is 0.237. The van der Waals surface area contributed by atoms with Crippen molar-refractivity contribution >= 4 is 37.6 Å². The molecule has 2 saturated carbocycles. The molecule has 4 rings (SSSR count). The van der Waals surface area contributed by atoms with E-state index in [4.69, 9.17) is 11.6 Å². The molecule has 2 aliphatic carbocycles. The van der Waals surface area contributed by atoms with Crippen LogP contribution in [0.2, 0.25) is 5.02 Å². The summed E-state index contributed by atoms with van der Waals surface area (Å²) >= 11 is 9.36. The molecular weight excluding hydrogens is 450 g/mol. The van der Waals surface area contributed by atoms with E-state index in [1.54, 1.807) is 28.6 Å². The Morgan fingerprint density at radius 1 is 1.07 bits per heavy atom. The Hall–Kier alpha value is -0.920. The molecule has 1 N–H and O–H groups in total. The summed E-state index contributed by atoms with van der Waals surface area (Å²) in [5.74, 6) is 0.209. The quantitative estimate of drug-likeness (QED) is 0.702. The predicted molar refractivity (Wildman–Crippen MR) is 109 cm³/mol. The van der Waals surface area contributed by atoms with Crippen LogP contribution in [0.4, 0.5) is 0 Å². The van der Waals surface area contributed by atoms with E-state index in [1.165, 1.54) is 0 Å². The van der Waals surface area contributed by atoms with Gasteiger partial charge in [-0.05, 0) is 67.1 Å². The molecule has 4 atom stereocenters. The van der Waals surface area contributed by atoms with Crippen LogP contribution in [-0.2, 0) is 16.6 Å². The smallest absolute Gasteiger partial charge is 0.243 e. The van der Waals surface area contributed by atoms with Gasteiger partial charge in [0.15, 0.2) is 0 Å². The predicted octanol–water partition coefficient (Wildman–Crippen LogP) is 4.45. The third-order valence-corrected chi connectivity index (χ3v) is 8.54. The summed E-state index contributed by atoms with van der Waals surface area (Å²) in [6.45, 7) is 0.291. The zero-order valence-corrected chi connectivity index (χ0v) is 17.8. The van der Waals surface area contributed by atoms with Crippen molar-refractivity contribution in [2.45, 2.75) is 42.8 Å². The van der Waals surface area contributed by atoms with E-state index < -0.39 is 16.1 Å². The van der Waals surface area contributed by atoms with Gasteiger partial charge in [-0.25, -0.2) is 8.42 Å². The largest absolute Gasteiger partial charge is 0.392 e. The summed E-state index contributed by atoms with van der Waals surface area (Å²) in [6, 6.07) is 13.8. The number of nitrogens with zero attached hydrogens (tertiary/aromatic N) is 1. The van der Waals surface area contributed by atoms with Crippen molar-refractivity contribution in [1.29, 1.82) is 0 Å². The van der Waals surface area contributed by atoms with Crippen molar-refractivity contribution < 1.29 is 13.5 Å². The molecule has 0 spiro atoms. The number of halogens is 2. The average molecular weight is 471 g/mol. The molecule has 2 aromatic rings. The van der Waals surface area contributed by atoms with Gasteiger partial charge in [-0.2, -0.15) is 4.31 Å². The molecule has 2 aliphatic rings. The fourth-order valence-electron chi connectivity index (χ4n) is 4.48. The van der Waals surface area contributed by atoms with E-state index in [2.05, 4.69) is 15.9 Å². The first-order valence-corrected chi connectivity index (χ1v) is 11.7. The van der Waals surface area contributed by atoms with Crippen molar-refractivity contribution in [3.8, 4) is 0 Å². The zero-order valence-electron chi connectivity index (χ0n) is 14.6. The third-order valence-electron chi connectivity index (χ3n) is 5.87. The van der Waals surface area contributed by atoms with E-state index in [0.29, 0.717) is 11.6 Å². The lowest BCUT2D eigenvalue weighted by atomic mass is 9.95. The van der Waals surface area contributed by atoms with Gasteiger partial charge in [0.25, 0.3) is 0 Å². The first-order chi connectivity index (χ1) is 12.9. The first-order valence-electron chi connectivity index (χ1n) is 9.06. The lowest BCUT2D eigenvalue weighted by molar-refractivity contribution is 0.114. The molecular formula is C20H21BrClNO3S. The number of sulfonamides is 1. The van der Waals surface area contributed by atoms with Gasteiger partial charge in [0.05, 0.1) is 11.0 Å². The van der Waals surface area contributed by atoms with Gasteiger partial charge in [-0.3, -0.25) is 0 Å². The SMILES string of the molecule is O=S(=O)(c1ccc(Cl)cc1)N(Cc1ccc(Br)cc1)C1CC2CCC1C2O. The van der Waals surface area contributed by atoms with Crippen molar-refractivity contribution in [2.24, 2.45) is 11.8 Å². The normalized spacial score (nSPS) is 27.4. The van der Waals surface area contributed by atoms with Crippen LogP contribution in [-0.4, -0.2) is 30.0 Å². The van der Waals surface area contributed by atoms with Crippen LogP contribution < -0.4 is 0 Å². The molecule has 2 bridgehead atoms. The highest BCUT2D eigenvalue weighted by Gasteiger charge is 2.51. The highest BCUT2D eigenvalue weighted by atomic mass is 79.9. The number of hydrogen-bond acceptors (Lipinski definition) is 3. The number of rotatable bonds is 5. The van der Waals surface area contributed by atoms with Crippen LogP contribution in [0.15, 0.2) is 57.9 Å². The summed E-state index contributed by atoms with van der Waals surface area (Å²) in [6.07, 6.45) is 2.18. The van der Waals surface area contributed by atoms with Crippen LogP contribution in [0, 0.1) is 11.8 Å². The van der Waals surface area contributed by atoms with E-state index >= 15 is 0 Å². The Labute approximate surface area is 173 Å². The fraction of sp³-hybridized carbons (Fsp3) is 0.400. The molecule has 0 heterocycles. The van der Waals surface area contributed by atoms with Crippen LogP contribution in [0.3, 0.4) is 0 Å². The molecule has 0 amide bonds. The molecule has 4 nitrogen and oxygen atoms in total. The second kappa shape index (κ2) is 7.48. The van der Waals surface area contributed by atoms with Crippen LogP contribution in [0.5, 0.6) is 0 Å². The topological polar surface area (TPSA) is 57.6 Å². The van der Waals surface area contributed by atoms with Crippen LogP contribution in [0.25, 0.3) is 0 Å². The van der Waals surface area contributed by atoms with E-state index in [9.17, 15) is 13.5 Å². The van der Waals surface area contributed by atoms with Gasteiger partial charge in [-0.15, -0.1) is 0 Å².